The zero-order chi connectivity index (χ0) is 25.3. The number of rotatable bonds is 3. The van der Waals surface area contributed by atoms with Crippen molar-refractivity contribution >= 4 is 32.7 Å². The first-order valence-electron chi connectivity index (χ1n) is 12.3. The Bertz CT molecular complexity index is 1350. The zero-order valence-electron chi connectivity index (χ0n) is 22.8. The highest BCUT2D eigenvalue weighted by molar-refractivity contribution is 7.18. The molecule has 4 rings (SSSR count). The van der Waals surface area contributed by atoms with E-state index in [0.717, 1.165) is 28.9 Å². The lowest BCUT2D eigenvalue weighted by Gasteiger charge is -2.30. The third-order valence-corrected chi connectivity index (χ3v) is 7.95. The van der Waals surface area contributed by atoms with Crippen LogP contribution in [0, 0.1) is 0 Å². The summed E-state index contributed by atoms with van der Waals surface area (Å²) in [5, 5.41) is 1.20. The van der Waals surface area contributed by atoms with E-state index in [-0.39, 0.29) is 21.7 Å². The topological polar surface area (TPSA) is 38.9 Å². The number of hydrogen-bond acceptors (Lipinski definition) is 4. The van der Waals surface area contributed by atoms with Crippen molar-refractivity contribution in [3.63, 3.8) is 0 Å². The number of hydrogen-bond donors (Lipinski definition) is 0. The molecule has 4 heteroatoms. The molecule has 0 aliphatic carbocycles. The van der Waals surface area contributed by atoms with Crippen molar-refractivity contribution in [2.75, 3.05) is 0 Å². The molecule has 0 aliphatic rings. The molecule has 0 spiro atoms. The van der Waals surface area contributed by atoms with Crippen LogP contribution in [0.25, 0.3) is 21.3 Å². The van der Waals surface area contributed by atoms with Gasteiger partial charge in [-0.15, -0.1) is 11.3 Å². The largest absolute Gasteiger partial charge is 0.440 e. The van der Waals surface area contributed by atoms with E-state index in [4.69, 9.17) is 14.4 Å². The van der Waals surface area contributed by atoms with Gasteiger partial charge in [-0.3, -0.25) is 0 Å². The van der Waals surface area contributed by atoms with Crippen LogP contribution in [0.1, 0.15) is 104 Å². The van der Waals surface area contributed by atoms with Crippen molar-refractivity contribution in [1.29, 1.82) is 0 Å². The molecule has 0 amide bonds. The Morgan fingerprint density at radius 1 is 0.735 bits per heavy atom. The third-order valence-electron chi connectivity index (χ3n) is 6.51. The Morgan fingerprint density at radius 3 is 2.00 bits per heavy atom. The highest BCUT2D eigenvalue weighted by Gasteiger charge is 2.29. The van der Waals surface area contributed by atoms with Crippen LogP contribution in [0.4, 0.5) is 0 Å². The Kier molecular flexibility index (Phi) is 5.80. The second-order valence-corrected chi connectivity index (χ2v) is 14.5. The smallest absolute Gasteiger partial charge is 0.200 e. The normalized spacial score (nSPS) is 13.9. The molecule has 0 aliphatic heterocycles. The van der Waals surface area contributed by atoms with Crippen molar-refractivity contribution in [3.8, 4) is 0 Å². The van der Waals surface area contributed by atoms with E-state index in [0.29, 0.717) is 0 Å². The molecule has 0 N–H and O–H groups in total. The zero-order valence-corrected chi connectivity index (χ0v) is 23.6. The van der Waals surface area contributed by atoms with Gasteiger partial charge in [0.15, 0.2) is 5.58 Å². The first-order chi connectivity index (χ1) is 15.4. The minimum atomic E-state index is -0.106. The van der Waals surface area contributed by atoms with Gasteiger partial charge in [0.05, 0.1) is 15.2 Å². The molecule has 2 aromatic carbocycles. The van der Waals surface area contributed by atoms with E-state index in [1.807, 2.05) is 11.3 Å². The van der Waals surface area contributed by atoms with E-state index in [1.54, 1.807) is 0 Å². The molecule has 2 heterocycles. The summed E-state index contributed by atoms with van der Waals surface area (Å²) in [4.78, 5) is 9.75. The van der Waals surface area contributed by atoms with E-state index < -0.39 is 0 Å². The quantitative estimate of drug-likeness (QED) is 0.296. The van der Waals surface area contributed by atoms with Crippen LogP contribution >= 0.6 is 11.3 Å². The van der Waals surface area contributed by atoms with Gasteiger partial charge in [-0.25, -0.2) is 9.97 Å². The maximum Gasteiger partial charge on any atom is 0.200 e. The van der Waals surface area contributed by atoms with E-state index >= 15 is 0 Å². The van der Waals surface area contributed by atoms with Gasteiger partial charge < -0.3 is 4.42 Å². The molecule has 2 aromatic heterocycles. The predicted octanol–water partition coefficient (Wildman–Crippen LogP) is 8.85. The first kappa shape index (κ1) is 24.9. The number of benzene rings is 2. The summed E-state index contributed by atoms with van der Waals surface area (Å²) in [5.41, 5.74) is 6.92. The molecule has 0 unspecified atom stereocenters. The molecule has 3 nitrogen and oxygen atoms in total. The highest BCUT2D eigenvalue weighted by atomic mass is 32.1. The number of nitrogens with zero attached hydrogens (tertiary/aromatic N) is 2. The molecule has 0 saturated heterocycles. The van der Waals surface area contributed by atoms with Crippen LogP contribution in [-0.4, -0.2) is 9.97 Å². The fourth-order valence-electron chi connectivity index (χ4n) is 4.43. The lowest BCUT2D eigenvalue weighted by molar-refractivity contribution is 0.410. The first-order valence-corrected chi connectivity index (χ1v) is 13.1. The maximum atomic E-state index is 6.17. The summed E-state index contributed by atoms with van der Waals surface area (Å²) in [6.07, 6.45) is 0.934. The summed E-state index contributed by atoms with van der Waals surface area (Å²) in [6, 6.07) is 11.2. The molecular weight excluding hydrogens is 436 g/mol. The van der Waals surface area contributed by atoms with Gasteiger partial charge in [-0.2, -0.15) is 0 Å². The molecule has 34 heavy (non-hydrogen) atoms. The molecule has 0 atom stereocenters. The minimum Gasteiger partial charge on any atom is -0.440 e. The lowest BCUT2D eigenvalue weighted by atomic mass is 9.74. The second-order valence-electron chi connectivity index (χ2n) is 13.5. The average Bonchev–Trinajstić information content (AvgIpc) is 3.29. The second kappa shape index (κ2) is 7.91. The van der Waals surface area contributed by atoms with Crippen LogP contribution < -0.4 is 0 Å². The van der Waals surface area contributed by atoms with Gasteiger partial charge in [0.25, 0.3) is 0 Å². The summed E-state index contributed by atoms with van der Waals surface area (Å²) in [5.74, 6) is 0.788. The van der Waals surface area contributed by atoms with Gasteiger partial charge in [0.1, 0.15) is 5.52 Å². The summed E-state index contributed by atoms with van der Waals surface area (Å²) in [6.45, 7) is 24.7. The Labute approximate surface area is 209 Å². The molecule has 0 bridgehead atoms. The Morgan fingerprint density at radius 2 is 1.41 bits per heavy atom. The predicted molar refractivity (Wildman–Crippen MR) is 146 cm³/mol. The van der Waals surface area contributed by atoms with Crippen LogP contribution in [0.2, 0.25) is 0 Å². The maximum absolute atomic E-state index is 6.17. The van der Waals surface area contributed by atoms with E-state index in [1.165, 1.54) is 26.4 Å². The molecule has 0 fully saturated rings. The minimum absolute atomic E-state index is 0.0575. The summed E-state index contributed by atoms with van der Waals surface area (Å²) >= 11 is 1.83. The fourth-order valence-corrected chi connectivity index (χ4v) is 5.47. The lowest BCUT2D eigenvalue weighted by Crippen LogP contribution is -2.23. The molecule has 4 aromatic rings. The molecule has 0 saturated carbocycles. The summed E-state index contributed by atoms with van der Waals surface area (Å²) < 4.78 is 7.46. The van der Waals surface area contributed by atoms with Crippen molar-refractivity contribution in [2.45, 2.75) is 104 Å². The van der Waals surface area contributed by atoms with Gasteiger partial charge in [0.2, 0.25) is 5.89 Å². The highest BCUT2D eigenvalue weighted by Crippen LogP contribution is 2.39. The Balaban J connectivity index is 1.78. The van der Waals surface area contributed by atoms with Crippen LogP contribution in [-0.2, 0) is 28.1 Å². The SMILES string of the molecule is CC(C)(C)c1nc2ccc(C(C)(C)Cc3cc4nc(C(C)(C)C)sc4cc3C(C)(C)C)cc2o1. The Hall–Kier alpha value is -2.20. The number of aromatic nitrogens is 2. The van der Waals surface area contributed by atoms with Gasteiger partial charge in [-0.05, 0) is 58.2 Å². The average molecular weight is 477 g/mol. The third kappa shape index (κ3) is 4.79. The standard InChI is InChI=1S/C30H40N2OS/c1-27(2,3)20-16-24-22(32-26(34-24)29(7,8)9)14-18(20)17-30(10,11)19-12-13-21-23(15-19)33-25(31-21)28(4,5)6/h12-16H,17H2,1-11H3. The molecule has 182 valence electrons. The van der Waals surface area contributed by atoms with Crippen LogP contribution in [0.15, 0.2) is 34.7 Å². The number of fused-ring (bicyclic) bond motifs is 2. The van der Waals surface area contributed by atoms with Crippen LogP contribution in [0.3, 0.4) is 0 Å². The van der Waals surface area contributed by atoms with Gasteiger partial charge in [-0.1, -0.05) is 82.2 Å². The van der Waals surface area contributed by atoms with Crippen LogP contribution in [0.5, 0.6) is 0 Å². The van der Waals surface area contributed by atoms with Crippen molar-refractivity contribution in [1.82, 2.24) is 9.97 Å². The van der Waals surface area contributed by atoms with Crippen molar-refractivity contribution in [2.24, 2.45) is 0 Å². The number of thiazole rings is 1. The van der Waals surface area contributed by atoms with Crippen molar-refractivity contribution < 1.29 is 4.42 Å². The fraction of sp³-hybridized carbons (Fsp3) is 0.533. The molecule has 0 radical (unpaired) electrons. The number of oxazole rings is 1. The monoisotopic (exact) mass is 476 g/mol. The van der Waals surface area contributed by atoms with Crippen molar-refractivity contribution in [3.05, 3.63) is 57.9 Å². The summed E-state index contributed by atoms with van der Waals surface area (Å²) in [7, 11) is 0. The van der Waals surface area contributed by atoms with Gasteiger partial charge >= 0.3 is 0 Å². The molecular formula is C30H40N2OS. The van der Waals surface area contributed by atoms with Gasteiger partial charge in [0, 0.05) is 10.8 Å². The van der Waals surface area contributed by atoms with E-state index in [2.05, 4.69) is 106 Å². The van der Waals surface area contributed by atoms with E-state index in [9.17, 15) is 0 Å².